The van der Waals surface area contributed by atoms with Crippen molar-refractivity contribution in [3.05, 3.63) is 59.7 Å². The molecule has 0 N–H and O–H groups in total. The average molecular weight is 429 g/mol. The topological polar surface area (TPSA) is 66.9 Å². The largest absolute Gasteiger partial charge is 0.494 e. The Bertz CT molecular complexity index is 1000. The lowest BCUT2D eigenvalue weighted by atomic mass is 9.95. The van der Waals surface area contributed by atoms with E-state index in [4.69, 9.17) is 4.74 Å². The zero-order chi connectivity index (χ0) is 21.1. The Morgan fingerprint density at radius 2 is 1.80 bits per heavy atom. The molecule has 0 bridgehead atoms. The summed E-state index contributed by atoms with van der Waals surface area (Å²) in [4.78, 5) is 15.3. The number of sulfonamides is 1. The monoisotopic (exact) mass is 428 g/mol. The number of piperidine rings is 1. The second-order valence-electron chi connectivity index (χ2n) is 7.89. The van der Waals surface area contributed by atoms with Crippen molar-refractivity contribution in [2.75, 3.05) is 26.2 Å². The van der Waals surface area contributed by atoms with Gasteiger partial charge in [0, 0.05) is 26.2 Å². The van der Waals surface area contributed by atoms with Crippen LogP contribution in [0.3, 0.4) is 0 Å². The fourth-order valence-corrected chi connectivity index (χ4v) is 5.85. The van der Waals surface area contributed by atoms with E-state index in [9.17, 15) is 13.2 Å². The highest BCUT2D eigenvalue weighted by Gasteiger charge is 2.35. The number of nitrogens with zero attached hydrogens (tertiary/aromatic N) is 2. The van der Waals surface area contributed by atoms with Gasteiger partial charge < -0.3 is 9.64 Å². The minimum absolute atomic E-state index is 0.0658. The molecule has 160 valence electrons. The van der Waals surface area contributed by atoms with Crippen LogP contribution in [0.5, 0.6) is 5.75 Å². The first kappa shape index (κ1) is 20.9. The molecule has 1 atom stereocenters. The average Bonchev–Trinajstić information content (AvgIpc) is 2.79. The molecule has 1 saturated heterocycles. The van der Waals surface area contributed by atoms with Gasteiger partial charge in [-0.15, -0.1) is 0 Å². The Morgan fingerprint density at radius 3 is 2.53 bits per heavy atom. The number of ether oxygens (including phenoxy) is 1. The summed E-state index contributed by atoms with van der Waals surface area (Å²) in [5.74, 6) is 0.422. The number of fused-ring (bicyclic) bond motifs is 1. The number of hydrogen-bond donors (Lipinski definition) is 0. The van der Waals surface area contributed by atoms with E-state index >= 15 is 0 Å². The van der Waals surface area contributed by atoms with Gasteiger partial charge in [0.1, 0.15) is 5.75 Å². The summed E-state index contributed by atoms with van der Waals surface area (Å²) in [6.07, 6.45) is 2.27. The summed E-state index contributed by atoms with van der Waals surface area (Å²) < 4.78 is 33.1. The molecule has 30 heavy (non-hydrogen) atoms. The molecule has 0 spiro atoms. The number of benzene rings is 2. The minimum Gasteiger partial charge on any atom is -0.494 e. The molecule has 2 aliphatic heterocycles. The van der Waals surface area contributed by atoms with Gasteiger partial charge >= 0.3 is 0 Å². The summed E-state index contributed by atoms with van der Waals surface area (Å²) in [6, 6.07) is 14.7. The second kappa shape index (κ2) is 8.78. The van der Waals surface area contributed by atoms with Crippen LogP contribution in [0.2, 0.25) is 0 Å². The fourth-order valence-electron chi connectivity index (χ4n) is 4.33. The quantitative estimate of drug-likeness (QED) is 0.734. The fraction of sp³-hybridized carbons (Fsp3) is 0.435. The zero-order valence-corrected chi connectivity index (χ0v) is 18.1. The van der Waals surface area contributed by atoms with Crippen molar-refractivity contribution in [3.63, 3.8) is 0 Å². The Hall–Kier alpha value is -2.38. The maximum Gasteiger partial charge on any atom is 0.243 e. The molecule has 1 amide bonds. The van der Waals surface area contributed by atoms with E-state index in [2.05, 4.69) is 12.1 Å². The molecule has 6 nitrogen and oxygen atoms in total. The summed E-state index contributed by atoms with van der Waals surface area (Å²) in [5, 5.41) is 0. The van der Waals surface area contributed by atoms with Crippen molar-refractivity contribution in [2.45, 2.75) is 37.6 Å². The molecule has 0 aliphatic carbocycles. The lowest BCUT2D eigenvalue weighted by Crippen LogP contribution is -2.47. The van der Waals surface area contributed by atoms with E-state index < -0.39 is 10.0 Å². The van der Waals surface area contributed by atoms with Crippen molar-refractivity contribution in [3.8, 4) is 5.75 Å². The van der Waals surface area contributed by atoms with E-state index in [1.807, 2.05) is 24.0 Å². The maximum absolute atomic E-state index is 13.2. The smallest absolute Gasteiger partial charge is 0.243 e. The van der Waals surface area contributed by atoms with Crippen molar-refractivity contribution in [2.24, 2.45) is 5.92 Å². The van der Waals surface area contributed by atoms with Crippen LogP contribution in [-0.2, 0) is 27.8 Å². The molecule has 2 heterocycles. The van der Waals surface area contributed by atoms with E-state index in [0.29, 0.717) is 38.4 Å². The SMILES string of the molecule is CCOc1ccc(S(=O)(=O)N2CCCC(C(=O)N3CCc4ccccc4C3)C2)cc1. The van der Waals surface area contributed by atoms with Crippen LogP contribution in [0.1, 0.15) is 30.9 Å². The molecule has 1 fully saturated rings. The molecule has 2 aromatic carbocycles. The van der Waals surface area contributed by atoms with Gasteiger partial charge in [0.25, 0.3) is 0 Å². The van der Waals surface area contributed by atoms with Crippen LogP contribution in [0.4, 0.5) is 0 Å². The number of carbonyl (C=O) groups excluding carboxylic acids is 1. The predicted octanol–water partition coefficient (Wildman–Crippen LogP) is 3.07. The first-order valence-electron chi connectivity index (χ1n) is 10.6. The van der Waals surface area contributed by atoms with E-state index in [0.717, 1.165) is 12.8 Å². The number of carbonyl (C=O) groups is 1. The van der Waals surface area contributed by atoms with E-state index in [1.165, 1.54) is 15.4 Å². The molecule has 1 unspecified atom stereocenters. The van der Waals surface area contributed by atoms with Gasteiger partial charge in [0.2, 0.25) is 15.9 Å². The van der Waals surface area contributed by atoms with Crippen molar-refractivity contribution in [1.29, 1.82) is 0 Å². The standard InChI is InChI=1S/C23H28N2O4S/c1-2-29-21-9-11-22(12-10-21)30(27,28)25-14-5-8-20(17-25)23(26)24-15-13-18-6-3-4-7-19(18)16-24/h3-4,6-7,9-12,20H,2,5,8,13-17H2,1H3. The molecular formula is C23H28N2O4S. The predicted molar refractivity (Wildman–Crippen MR) is 115 cm³/mol. The summed E-state index contributed by atoms with van der Waals surface area (Å²) >= 11 is 0. The Morgan fingerprint density at radius 1 is 1.07 bits per heavy atom. The highest BCUT2D eigenvalue weighted by molar-refractivity contribution is 7.89. The van der Waals surface area contributed by atoms with Gasteiger partial charge in [0.15, 0.2) is 0 Å². The summed E-state index contributed by atoms with van der Waals surface area (Å²) in [5.41, 5.74) is 2.48. The van der Waals surface area contributed by atoms with Crippen molar-refractivity contribution in [1.82, 2.24) is 9.21 Å². The Kier molecular flexibility index (Phi) is 6.11. The molecule has 0 radical (unpaired) electrons. The van der Waals surface area contributed by atoms with Crippen LogP contribution in [0, 0.1) is 5.92 Å². The Balaban J connectivity index is 1.45. The van der Waals surface area contributed by atoms with Crippen LogP contribution in [-0.4, -0.2) is 49.8 Å². The van der Waals surface area contributed by atoms with Gasteiger partial charge in [0.05, 0.1) is 17.4 Å². The van der Waals surface area contributed by atoms with Crippen LogP contribution >= 0.6 is 0 Å². The Labute approximate surface area is 178 Å². The third-order valence-electron chi connectivity index (χ3n) is 5.95. The molecule has 7 heteroatoms. The number of rotatable bonds is 5. The molecule has 0 aromatic heterocycles. The first-order valence-corrected chi connectivity index (χ1v) is 12.0. The van der Waals surface area contributed by atoms with Crippen LogP contribution in [0.15, 0.2) is 53.4 Å². The molecule has 2 aromatic rings. The first-order chi connectivity index (χ1) is 14.5. The number of hydrogen-bond acceptors (Lipinski definition) is 4. The molecular weight excluding hydrogens is 400 g/mol. The minimum atomic E-state index is -3.63. The number of amides is 1. The lowest BCUT2D eigenvalue weighted by Gasteiger charge is -2.36. The van der Waals surface area contributed by atoms with E-state index in [1.54, 1.807) is 24.3 Å². The zero-order valence-electron chi connectivity index (χ0n) is 17.3. The maximum atomic E-state index is 13.2. The third kappa shape index (κ3) is 4.23. The lowest BCUT2D eigenvalue weighted by molar-refractivity contribution is -0.137. The van der Waals surface area contributed by atoms with Crippen molar-refractivity contribution >= 4 is 15.9 Å². The van der Waals surface area contributed by atoms with Gasteiger partial charge in [-0.25, -0.2) is 8.42 Å². The van der Waals surface area contributed by atoms with Crippen molar-refractivity contribution < 1.29 is 17.9 Å². The third-order valence-corrected chi connectivity index (χ3v) is 7.83. The highest BCUT2D eigenvalue weighted by atomic mass is 32.2. The van der Waals surface area contributed by atoms with E-state index in [-0.39, 0.29) is 23.3 Å². The van der Waals surface area contributed by atoms with Gasteiger partial charge in [-0.3, -0.25) is 4.79 Å². The van der Waals surface area contributed by atoms with Crippen LogP contribution in [0.25, 0.3) is 0 Å². The van der Waals surface area contributed by atoms with Gasteiger partial charge in [-0.05, 0) is 61.6 Å². The highest BCUT2D eigenvalue weighted by Crippen LogP contribution is 2.28. The second-order valence-corrected chi connectivity index (χ2v) is 9.82. The normalized spacial score (nSPS) is 19.9. The summed E-state index contributed by atoms with van der Waals surface area (Å²) in [7, 11) is -3.63. The van der Waals surface area contributed by atoms with Gasteiger partial charge in [-0.2, -0.15) is 4.31 Å². The molecule has 2 aliphatic rings. The molecule has 4 rings (SSSR count). The van der Waals surface area contributed by atoms with Crippen LogP contribution < -0.4 is 4.74 Å². The molecule has 0 saturated carbocycles. The van der Waals surface area contributed by atoms with Gasteiger partial charge in [-0.1, -0.05) is 24.3 Å². The summed E-state index contributed by atoms with van der Waals surface area (Å²) in [6.45, 7) is 4.41.